The molecule has 0 amide bonds. The van der Waals surface area contributed by atoms with Gasteiger partial charge in [-0.25, -0.2) is 9.97 Å². The first kappa shape index (κ1) is 10.6. The van der Waals surface area contributed by atoms with Crippen LogP contribution >= 0.6 is 0 Å². The van der Waals surface area contributed by atoms with Crippen LogP contribution in [0.1, 0.15) is 23.1 Å². The van der Waals surface area contributed by atoms with Crippen molar-refractivity contribution in [2.75, 3.05) is 6.61 Å². The number of aliphatic hydroxyl groups excluding tert-OH is 1. The highest BCUT2D eigenvalue weighted by Gasteiger charge is 2.14. The molecule has 1 aromatic rings. The minimum Gasteiger partial charge on any atom is -0.465 e. The third-order valence-corrected chi connectivity index (χ3v) is 1.94. The second kappa shape index (κ2) is 4.66. The highest BCUT2D eigenvalue weighted by atomic mass is 16.5. The molecule has 1 atom stereocenters. The van der Waals surface area contributed by atoms with E-state index in [1.54, 1.807) is 13.8 Å². The number of carbonyl (C=O) groups excluding carboxylic acids is 1. The third-order valence-electron chi connectivity index (χ3n) is 1.94. The van der Waals surface area contributed by atoms with Crippen molar-refractivity contribution in [3.8, 4) is 0 Å². The smallest absolute Gasteiger partial charge is 0.293 e. The summed E-state index contributed by atoms with van der Waals surface area (Å²) in [6.45, 7) is 3.78. The Morgan fingerprint density at radius 3 is 2.57 bits per heavy atom. The quantitative estimate of drug-likeness (QED) is 0.701. The van der Waals surface area contributed by atoms with Gasteiger partial charge >= 0.3 is 0 Å². The standard InChI is InChI=1S/C9H12N2O3/c1-6-9(7(2)11-4-10-6)8(13)3-14-5-12/h4-5,8,13H,3H2,1-2H3. The Kier molecular flexibility index (Phi) is 3.53. The van der Waals surface area contributed by atoms with Crippen LogP contribution in [0.15, 0.2) is 6.33 Å². The minimum atomic E-state index is -0.860. The Morgan fingerprint density at radius 2 is 2.07 bits per heavy atom. The normalized spacial score (nSPS) is 12.2. The molecule has 5 heteroatoms. The summed E-state index contributed by atoms with van der Waals surface area (Å²) in [5, 5.41) is 9.65. The SMILES string of the molecule is Cc1ncnc(C)c1C(O)COC=O. The van der Waals surface area contributed by atoms with Gasteiger partial charge in [0.15, 0.2) is 0 Å². The fraction of sp³-hybridized carbons (Fsp3) is 0.444. The van der Waals surface area contributed by atoms with Gasteiger partial charge in [0.1, 0.15) is 19.0 Å². The van der Waals surface area contributed by atoms with Gasteiger partial charge < -0.3 is 9.84 Å². The number of nitrogens with zero attached hydrogens (tertiary/aromatic N) is 2. The average Bonchev–Trinajstić information content (AvgIpc) is 2.14. The molecule has 1 N–H and O–H groups in total. The van der Waals surface area contributed by atoms with Crippen molar-refractivity contribution in [3.05, 3.63) is 23.3 Å². The van der Waals surface area contributed by atoms with Gasteiger partial charge in [-0.15, -0.1) is 0 Å². The Labute approximate surface area is 81.8 Å². The number of aliphatic hydroxyl groups is 1. The zero-order valence-electron chi connectivity index (χ0n) is 8.10. The summed E-state index contributed by atoms with van der Waals surface area (Å²) in [4.78, 5) is 17.9. The van der Waals surface area contributed by atoms with E-state index in [0.717, 1.165) is 0 Å². The monoisotopic (exact) mass is 196 g/mol. The van der Waals surface area contributed by atoms with Crippen molar-refractivity contribution in [2.24, 2.45) is 0 Å². The lowest BCUT2D eigenvalue weighted by molar-refractivity contribution is -0.131. The zero-order valence-corrected chi connectivity index (χ0v) is 8.10. The molecule has 0 aliphatic rings. The van der Waals surface area contributed by atoms with Gasteiger partial charge in [-0.05, 0) is 13.8 Å². The van der Waals surface area contributed by atoms with Crippen molar-refractivity contribution in [1.29, 1.82) is 0 Å². The van der Waals surface area contributed by atoms with Crippen LogP contribution < -0.4 is 0 Å². The number of carbonyl (C=O) groups is 1. The average molecular weight is 196 g/mol. The lowest BCUT2D eigenvalue weighted by Gasteiger charge is -2.13. The van der Waals surface area contributed by atoms with Crippen molar-refractivity contribution in [3.63, 3.8) is 0 Å². The van der Waals surface area contributed by atoms with E-state index in [1.807, 2.05) is 0 Å². The van der Waals surface area contributed by atoms with E-state index in [2.05, 4.69) is 14.7 Å². The van der Waals surface area contributed by atoms with Gasteiger partial charge in [0, 0.05) is 17.0 Å². The fourth-order valence-electron chi connectivity index (χ4n) is 1.30. The largest absolute Gasteiger partial charge is 0.465 e. The number of aromatic nitrogens is 2. The molecule has 1 rings (SSSR count). The number of rotatable bonds is 4. The van der Waals surface area contributed by atoms with Crippen molar-refractivity contribution >= 4 is 6.47 Å². The summed E-state index contributed by atoms with van der Waals surface area (Å²) in [6, 6.07) is 0. The van der Waals surface area contributed by atoms with E-state index in [4.69, 9.17) is 0 Å². The summed E-state index contributed by atoms with van der Waals surface area (Å²) < 4.78 is 4.47. The van der Waals surface area contributed by atoms with Gasteiger partial charge in [-0.1, -0.05) is 0 Å². The lowest BCUT2D eigenvalue weighted by Crippen LogP contribution is -2.11. The van der Waals surface area contributed by atoms with Crippen LogP contribution in [0.25, 0.3) is 0 Å². The number of ether oxygens (including phenoxy) is 1. The first-order valence-corrected chi connectivity index (χ1v) is 4.18. The molecule has 1 heterocycles. The molecular weight excluding hydrogens is 184 g/mol. The van der Waals surface area contributed by atoms with Gasteiger partial charge in [0.05, 0.1) is 0 Å². The molecule has 76 valence electrons. The predicted molar refractivity (Wildman–Crippen MR) is 48.5 cm³/mol. The highest BCUT2D eigenvalue weighted by Crippen LogP contribution is 2.18. The lowest BCUT2D eigenvalue weighted by atomic mass is 10.1. The van der Waals surface area contributed by atoms with Crippen LogP contribution in [0, 0.1) is 13.8 Å². The van der Waals surface area contributed by atoms with E-state index in [-0.39, 0.29) is 6.61 Å². The van der Waals surface area contributed by atoms with Crippen molar-refractivity contribution in [2.45, 2.75) is 20.0 Å². The van der Waals surface area contributed by atoms with E-state index in [1.165, 1.54) is 6.33 Å². The topological polar surface area (TPSA) is 72.3 Å². The van der Waals surface area contributed by atoms with Crippen LogP contribution in [-0.2, 0) is 9.53 Å². The summed E-state index contributed by atoms with van der Waals surface area (Å²) in [5.74, 6) is 0. The highest BCUT2D eigenvalue weighted by molar-refractivity contribution is 5.37. The molecule has 0 radical (unpaired) electrons. The maximum Gasteiger partial charge on any atom is 0.293 e. The van der Waals surface area contributed by atoms with Gasteiger partial charge in [-0.3, -0.25) is 4.79 Å². The van der Waals surface area contributed by atoms with E-state index >= 15 is 0 Å². The molecule has 0 saturated heterocycles. The number of aryl methyl sites for hydroxylation is 2. The molecule has 0 fully saturated rings. The summed E-state index contributed by atoms with van der Waals surface area (Å²) in [5.41, 5.74) is 2.01. The predicted octanol–water partition coefficient (Wildman–Crippen LogP) is 0.300. The van der Waals surface area contributed by atoms with E-state index in [9.17, 15) is 9.90 Å². The Hall–Kier alpha value is -1.49. The second-order valence-corrected chi connectivity index (χ2v) is 2.90. The Balaban J connectivity index is 2.87. The van der Waals surface area contributed by atoms with Crippen LogP contribution in [0.5, 0.6) is 0 Å². The zero-order chi connectivity index (χ0) is 10.6. The van der Waals surface area contributed by atoms with Crippen LogP contribution in [0.4, 0.5) is 0 Å². The molecule has 1 unspecified atom stereocenters. The van der Waals surface area contributed by atoms with Crippen LogP contribution in [-0.4, -0.2) is 28.2 Å². The van der Waals surface area contributed by atoms with Gasteiger partial charge in [0.2, 0.25) is 0 Å². The Bertz CT molecular complexity index is 308. The molecule has 0 aliphatic heterocycles. The molecule has 0 aliphatic carbocycles. The molecule has 0 spiro atoms. The van der Waals surface area contributed by atoms with Crippen molar-refractivity contribution < 1.29 is 14.6 Å². The molecule has 0 bridgehead atoms. The molecule has 0 saturated carbocycles. The van der Waals surface area contributed by atoms with Gasteiger partial charge in [-0.2, -0.15) is 0 Å². The summed E-state index contributed by atoms with van der Waals surface area (Å²) in [6.07, 6.45) is 0.572. The first-order valence-electron chi connectivity index (χ1n) is 4.18. The molecule has 0 aromatic carbocycles. The maximum atomic E-state index is 9.95. The maximum absolute atomic E-state index is 9.95. The van der Waals surface area contributed by atoms with Crippen LogP contribution in [0.3, 0.4) is 0 Å². The van der Waals surface area contributed by atoms with Crippen molar-refractivity contribution in [1.82, 2.24) is 9.97 Å². The van der Waals surface area contributed by atoms with E-state index < -0.39 is 6.10 Å². The molecule has 1 aromatic heterocycles. The van der Waals surface area contributed by atoms with E-state index in [0.29, 0.717) is 23.4 Å². The Morgan fingerprint density at radius 1 is 1.50 bits per heavy atom. The second-order valence-electron chi connectivity index (χ2n) is 2.90. The fourth-order valence-corrected chi connectivity index (χ4v) is 1.30. The molecule has 5 nitrogen and oxygen atoms in total. The number of hydrogen-bond donors (Lipinski definition) is 1. The molecular formula is C9H12N2O3. The number of hydrogen-bond acceptors (Lipinski definition) is 5. The summed E-state index contributed by atoms with van der Waals surface area (Å²) >= 11 is 0. The van der Waals surface area contributed by atoms with Gasteiger partial charge in [0.25, 0.3) is 6.47 Å². The molecule has 14 heavy (non-hydrogen) atoms. The first-order chi connectivity index (χ1) is 6.66. The minimum absolute atomic E-state index is 0.0709. The summed E-state index contributed by atoms with van der Waals surface area (Å²) in [7, 11) is 0. The third kappa shape index (κ3) is 2.26. The van der Waals surface area contributed by atoms with Crippen LogP contribution in [0.2, 0.25) is 0 Å².